The zero-order valence-corrected chi connectivity index (χ0v) is 8.88. The molecule has 1 aromatic carbocycles. The predicted octanol–water partition coefficient (Wildman–Crippen LogP) is 1.96. The lowest BCUT2D eigenvalue weighted by Crippen LogP contribution is -2.11. The molecule has 0 amide bonds. The second-order valence-corrected chi connectivity index (χ2v) is 3.74. The van der Waals surface area contributed by atoms with Crippen LogP contribution in [-0.2, 0) is 0 Å². The predicted molar refractivity (Wildman–Crippen MR) is 61.8 cm³/mol. The van der Waals surface area contributed by atoms with Gasteiger partial charge < -0.3 is 17.2 Å². The van der Waals surface area contributed by atoms with Crippen molar-refractivity contribution in [1.29, 1.82) is 0 Å². The van der Waals surface area contributed by atoms with Crippen LogP contribution in [-0.4, -0.2) is 0 Å². The first kappa shape index (κ1) is 10.9. The molecule has 0 saturated carbocycles. The zero-order valence-electron chi connectivity index (χ0n) is 8.88. The second kappa shape index (κ2) is 4.33. The smallest absolute Gasteiger partial charge is 0.0577 e. The highest BCUT2D eigenvalue weighted by atomic mass is 14.7. The van der Waals surface area contributed by atoms with Crippen LogP contribution in [0.2, 0.25) is 0 Å². The van der Waals surface area contributed by atoms with Gasteiger partial charge in [0.2, 0.25) is 0 Å². The van der Waals surface area contributed by atoms with E-state index in [1.54, 1.807) is 0 Å². The molecule has 0 aromatic heterocycles. The minimum atomic E-state index is 0.0709. The van der Waals surface area contributed by atoms with E-state index >= 15 is 0 Å². The van der Waals surface area contributed by atoms with Crippen LogP contribution in [0.15, 0.2) is 12.1 Å². The van der Waals surface area contributed by atoms with Gasteiger partial charge >= 0.3 is 0 Å². The summed E-state index contributed by atoms with van der Waals surface area (Å²) < 4.78 is 0. The first-order valence-corrected chi connectivity index (χ1v) is 4.97. The van der Waals surface area contributed by atoms with Gasteiger partial charge in [0.05, 0.1) is 11.4 Å². The van der Waals surface area contributed by atoms with Crippen molar-refractivity contribution >= 4 is 11.4 Å². The summed E-state index contributed by atoms with van der Waals surface area (Å²) in [5.41, 5.74) is 20.9. The number of hydrogen-bond donors (Lipinski definition) is 3. The molecule has 14 heavy (non-hydrogen) atoms. The number of rotatable bonds is 3. The van der Waals surface area contributed by atoms with E-state index in [9.17, 15) is 0 Å². The van der Waals surface area contributed by atoms with Gasteiger partial charge in [-0.05, 0) is 30.5 Å². The Morgan fingerprint density at radius 1 is 1.29 bits per heavy atom. The summed E-state index contributed by atoms with van der Waals surface area (Å²) in [6.45, 7) is 4.07. The molecule has 0 aliphatic heterocycles. The van der Waals surface area contributed by atoms with E-state index in [4.69, 9.17) is 17.2 Å². The minimum absolute atomic E-state index is 0.0709. The molecule has 6 N–H and O–H groups in total. The van der Waals surface area contributed by atoms with Gasteiger partial charge in [-0.3, -0.25) is 0 Å². The Balaban J connectivity index is 3.00. The maximum absolute atomic E-state index is 6.00. The lowest BCUT2D eigenvalue weighted by molar-refractivity contribution is 0.638. The molecule has 1 atom stereocenters. The Kier molecular flexibility index (Phi) is 3.36. The lowest BCUT2D eigenvalue weighted by Gasteiger charge is -2.14. The van der Waals surface area contributed by atoms with Gasteiger partial charge in [-0.15, -0.1) is 0 Å². The topological polar surface area (TPSA) is 78.1 Å². The molecular weight excluding hydrogens is 174 g/mol. The molecule has 3 heteroatoms. The first-order chi connectivity index (χ1) is 6.56. The third-order valence-electron chi connectivity index (χ3n) is 2.47. The minimum Gasteiger partial charge on any atom is -0.397 e. The van der Waals surface area contributed by atoms with Gasteiger partial charge in [0, 0.05) is 6.04 Å². The maximum atomic E-state index is 6.00. The summed E-state index contributed by atoms with van der Waals surface area (Å²) in [6, 6.07) is 3.97. The van der Waals surface area contributed by atoms with Crippen molar-refractivity contribution in [1.82, 2.24) is 0 Å². The van der Waals surface area contributed by atoms with E-state index in [1.807, 2.05) is 19.1 Å². The van der Waals surface area contributed by atoms with Crippen molar-refractivity contribution in [2.75, 3.05) is 11.5 Å². The fourth-order valence-corrected chi connectivity index (χ4v) is 1.55. The largest absolute Gasteiger partial charge is 0.397 e. The zero-order chi connectivity index (χ0) is 10.7. The Bertz CT molecular complexity index is 297. The quantitative estimate of drug-likeness (QED) is 0.642. The lowest BCUT2D eigenvalue weighted by atomic mass is 9.99. The maximum Gasteiger partial charge on any atom is 0.0577 e. The molecule has 0 fully saturated rings. The van der Waals surface area contributed by atoms with E-state index in [0.717, 1.165) is 24.0 Å². The molecule has 0 aliphatic rings. The number of aryl methyl sites for hydroxylation is 1. The van der Waals surface area contributed by atoms with Crippen LogP contribution in [0.4, 0.5) is 11.4 Å². The fraction of sp³-hybridized carbons (Fsp3) is 0.455. The highest BCUT2D eigenvalue weighted by Crippen LogP contribution is 2.25. The molecule has 1 rings (SSSR count). The first-order valence-electron chi connectivity index (χ1n) is 4.97. The van der Waals surface area contributed by atoms with Gasteiger partial charge in [0.1, 0.15) is 0 Å². The van der Waals surface area contributed by atoms with Crippen LogP contribution in [0, 0.1) is 6.92 Å². The number of benzene rings is 1. The Morgan fingerprint density at radius 2 is 1.93 bits per heavy atom. The Hall–Kier alpha value is -1.22. The molecule has 3 nitrogen and oxygen atoms in total. The molecule has 0 spiro atoms. The van der Waals surface area contributed by atoms with Gasteiger partial charge in [-0.2, -0.15) is 0 Å². The summed E-state index contributed by atoms with van der Waals surface area (Å²) in [4.78, 5) is 0. The average Bonchev–Trinajstić information content (AvgIpc) is 2.13. The number of nitrogen functional groups attached to an aromatic ring is 2. The normalized spacial score (nSPS) is 12.8. The van der Waals surface area contributed by atoms with Crippen molar-refractivity contribution in [3.05, 3.63) is 23.3 Å². The van der Waals surface area contributed by atoms with Crippen molar-refractivity contribution in [2.45, 2.75) is 32.7 Å². The summed E-state index contributed by atoms with van der Waals surface area (Å²) in [6.07, 6.45) is 2.05. The van der Waals surface area contributed by atoms with Crippen LogP contribution in [0.5, 0.6) is 0 Å². The molecular formula is C11H19N3. The highest BCUT2D eigenvalue weighted by molar-refractivity contribution is 5.68. The molecule has 0 heterocycles. The third kappa shape index (κ3) is 2.17. The summed E-state index contributed by atoms with van der Waals surface area (Å²) in [5, 5.41) is 0. The van der Waals surface area contributed by atoms with E-state index < -0.39 is 0 Å². The second-order valence-electron chi connectivity index (χ2n) is 3.74. The van der Waals surface area contributed by atoms with Crippen LogP contribution < -0.4 is 17.2 Å². The Labute approximate surface area is 85.3 Å². The summed E-state index contributed by atoms with van der Waals surface area (Å²) in [7, 11) is 0. The molecule has 1 aromatic rings. The molecule has 0 aliphatic carbocycles. The fourth-order valence-electron chi connectivity index (χ4n) is 1.55. The van der Waals surface area contributed by atoms with Crippen LogP contribution in [0.1, 0.15) is 36.9 Å². The van der Waals surface area contributed by atoms with Crippen LogP contribution in [0.25, 0.3) is 0 Å². The van der Waals surface area contributed by atoms with Crippen molar-refractivity contribution < 1.29 is 0 Å². The molecule has 78 valence electrons. The molecule has 0 bridgehead atoms. The third-order valence-corrected chi connectivity index (χ3v) is 2.47. The molecule has 0 radical (unpaired) electrons. The van der Waals surface area contributed by atoms with E-state index in [2.05, 4.69) is 6.92 Å². The van der Waals surface area contributed by atoms with E-state index in [1.165, 1.54) is 0 Å². The van der Waals surface area contributed by atoms with Gasteiger partial charge in [0.25, 0.3) is 0 Å². The van der Waals surface area contributed by atoms with E-state index in [0.29, 0.717) is 11.4 Å². The average molecular weight is 193 g/mol. The Morgan fingerprint density at radius 3 is 2.43 bits per heavy atom. The standard InChI is InChI=1S/C11H19N3/c1-3-4-9(12)8-5-7(2)11(14)10(13)6-8/h5-6,9H,3-4,12-14H2,1-2H3/t9-/m1/s1. The van der Waals surface area contributed by atoms with Gasteiger partial charge in [0.15, 0.2) is 0 Å². The van der Waals surface area contributed by atoms with Crippen molar-refractivity contribution in [3.63, 3.8) is 0 Å². The number of nitrogens with two attached hydrogens (primary N) is 3. The van der Waals surface area contributed by atoms with Crippen LogP contribution >= 0.6 is 0 Å². The van der Waals surface area contributed by atoms with Crippen molar-refractivity contribution in [2.24, 2.45) is 5.73 Å². The molecule has 0 saturated heterocycles. The van der Waals surface area contributed by atoms with Gasteiger partial charge in [-0.25, -0.2) is 0 Å². The van der Waals surface area contributed by atoms with E-state index in [-0.39, 0.29) is 6.04 Å². The highest BCUT2D eigenvalue weighted by Gasteiger charge is 2.08. The number of anilines is 2. The molecule has 0 unspecified atom stereocenters. The van der Waals surface area contributed by atoms with Gasteiger partial charge in [-0.1, -0.05) is 19.4 Å². The monoisotopic (exact) mass is 193 g/mol. The number of hydrogen-bond acceptors (Lipinski definition) is 3. The van der Waals surface area contributed by atoms with Crippen molar-refractivity contribution in [3.8, 4) is 0 Å². The van der Waals surface area contributed by atoms with Crippen LogP contribution in [0.3, 0.4) is 0 Å². The summed E-state index contributed by atoms with van der Waals surface area (Å²) >= 11 is 0. The SMILES string of the molecule is CCC[C@@H](N)c1cc(C)c(N)c(N)c1. The summed E-state index contributed by atoms with van der Waals surface area (Å²) in [5.74, 6) is 0.